The van der Waals surface area contributed by atoms with E-state index in [1.165, 1.54) is 44.6 Å². The number of hydrogen-bond donors (Lipinski definition) is 1. The minimum Gasteiger partial charge on any atom is -0.467 e. The zero-order chi connectivity index (χ0) is 19.4. The van der Waals surface area contributed by atoms with Gasteiger partial charge in [-0.3, -0.25) is 14.9 Å². The van der Waals surface area contributed by atoms with Crippen LogP contribution < -0.4 is 5.32 Å². The number of amides is 1. The molecule has 0 aromatic heterocycles. The van der Waals surface area contributed by atoms with Gasteiger partial charge >= 0.3 is 5.97 Å². The number of rotatable bonds is 12. The molecule has 0 aliphatic carbocycles. The highest BCUT2D eigenvalue weighted by atomic mass is 16.6. The molecule has 0 aliphatic heterocycles. The lowest BCUT2D eigenvalue weighted by Crippen LogP contribution is -2.42. The molecule has 0 spiro atoms. The number of nitro groups is 1. The van der Waals surface area contributed by atoms with Crippen molar-refractivity contribution in [3.05, 3.63) is 39.9 Å². The first-order valence-corrected chi connectivity index (χ1v) is 9.08. The minimum atomic E-state index is -0.683. The lowest BCUT2D eigenvalue weighted by Gasteiger charge is -2.16. The van der Waals surface area contributed by atoms with Crippen molar-refractivity contribution in [1.82, 2.24) is 5.32 Å². The van der Waals surface area contributed by atoms with E-state index in [0.717, 1.165) is 19.3 Å². The van der Waals surface area contributed by atoms with Crippen molar-refractivity contribution in [2.24, 2.45) is 0 Å². The number of nitrogens with zero attached hydrogens (tertiary/aromatic N) is 1. The molecule has 0 saturated heterocycles. The Labute approximate surface area is 154 Å². The SMILES string of the molecule is CCCCCCCC[C@H](NC(=O)Cc1cccc([N+](=O)[O-])c1)C(=O)OC. The Morgan fingerprint density at radius 3 is 2.54 bits per heavy atom. The summed E-state index contributed by atoms with van der Waals surface area (Å²) in [5.74, 6) is -0.821. The molecule has 7 heteroatoms. The summed E-state index contributed by atoms with van der Waals surface area (Å²) in [6, 6.07) is 5.23. The quantitative estimate of drug-likeness (QED) is 0.265. The zero-order valence-electron chi connectivity index (χ0n) is 15.5. The molecular weight excluding hydrogens is 336 g/mol. The van der Waals surface area contributed by atoms with Gasteiger partial charge < -0.3 is 10.1 Å². The van der Waals surface area contributed by atoms with Gasteiger partial charge in [0.1, 0.15) is 6.04 Å². The number of carbonyl (C=O) groups excluding carboxylic acids is 2. The van der Waals surface area contributed by atoms with E-state index in [0.29, 0.717) is 12.0 Å². The van der Waals surface area contributed by atoms with Crippen LogP contribution in [0.2, 0.25) is 0 Å². The fourth-order valence-corrected chi connectivity index (χ4v) is 2.73. The van der Waals surface area contributed by atoms with Crippen molar-refractivity contribution in [1.29, 1.82) is 0 Å². The summed E-state index contributed by atoms with van der Waals surface area (Å²) in [6.45, 7) is 2.16. The third-order valence-electron chi connectivity index (χ3n) is 4.15. The summed E-state index contributed by atoms with van der Waals surface area (Å²) in [6.07, 6.45) is 7.03. The number of nitro benzene ring substituents is 1. The molecule has 1 aromatic carbocycles. The first kappa shape index (κ1) is 21.6. The maximum Gasteiger partial charge on any atom is 0.328 e. The summed E-state index contributed by atoms with van der Waals surface area (Å²) in [4.78, 5) is 34.4. The van der Waals surface area contributed by atoms with Crippen LogP contribution in [0.5, 0.6) is 0 Å². The third-order valence-corrected chi connectivity index (χ3v) is 4.15. The Bertz CT molecular complexity index is 603. The largest absolute Gasteiger partial charge is 0.467 e. The van der Waals surface area contributed by atoms with E-state index >= 15 is 0 Å². The fourth-order valence-electron chi connectivity index (χ4n) is 2.73. The van der Waals surface area contributed by atoms with Crippen LogP contribution in [-0.2, 0) is 20.7 Å². The molecule has 1 atom stereocenters. The second kappa shape index (κ2) is 12.0. The third kappa shape index (κ3) is 8.09. The Hall–Kier alpha value is -2.44. The van der Waals surface area contributed by atoms with E-state index in [9.17, 15) is 19.7 Å². The molecule has 0 radical (unpaired) electrons. The number of esters is 1. The van der Waals surface area contributed by atoms with Crippen LogP contribution in [0, 0.1) is 10.1 Å². The molecule has 0 aliphatic rings. The predicted octanol–water partition coefficient (Wildman–Crippen LogP) is 3.55. The van der Waals surface area contributed by atoms with Gasteiger partial charge in [0.15, 0.2) is 0 Å². The van der Waals surface area contributed by atoms with E-state index in [1.807, 2.05) is 0 Å². The minimum absolute atomic E-state index is 0.0221. The van der Waals surface area contributed by atoms with Crippen molar-refractivity contribution in [2.75, 3.05) is 7.11 Å². The van der Waals surface area contributed by atoms with Crippen LogP contribution in [0.1, 0.15) is 57.4 Å². The molecule has 0 heterocycles. The number of ether oxygens (including phenoxy) is 1. The molecular formula is C19H28N2O5. The van der Waals surface area contributed by atoms with Crippen molar-refractivity contribution < 1.29 is 19.2 Å². The molecule has 0 unspecified atom stereocenters. The summed E-state index contributed by atoms with van der Waals surface area (Å²) < 4.78 is 4.77. The number of unbranched alkanes of at least 4 members (excludes halogenated alkanes) is 5. The van der Waals surface area contributed by atoms with Crippen LogP contribution in [0.15, 0.2) is 24.3 Å². The Morgan fingerprint density at radius 1 is 1.19 bits per heavy atom. The van der Waals surface area contributed by atoms with Crippen LogP contribution in [0.3, 0.4) is 0 Å². The number of benzene rings is 1. The van der Waals surface area contributed by atoms with Gasteiger partial charge in [-0.1, -0.05) is 57.6 Å². The Balaban J connectivity index is 2.53. The van der Waals surface area contributed by atoms with Crippen LogP contribution >= 0.6 is 0 Å². The van der Waals surface area contributed by atoms with Gasteiger partial charge in [0.05, 0.1) is 18.5 Å². The molecule has 1 N–H and O–H groups in total. The second-order valence-electron chi connectivity index (χ2n) is 6.30. The van der Waals surface area contributed by atoms with Gasteiger partial charge in [0.2, 0.25) is 5.91 Å². The molecule has 0 saturated carbocycles. The molecule has 1 amide bonds. The smallest absolute Gasteiger partial charge is 0.328 e. The average molecular weight is 364 g/mol. The molecule has 26 heavy (non-hydrogen) atoms. The molecule has 7 nitrogen and oxygen atoms in total. The van der Waals surface area contributed by atoms with E-state index in [-0.39, 0.29) is 18.0 Å². The number of non-ortho nitro benzene ring substituents is 1. The van der Waals surface area contributed by atoms with Gasteiger partial charge in [0.25, 0.3) is 5.69 Å². The van der Waals surface area contributed by atoms with E-state index in [2.05, 4.69) is 12.2 Å². The highest BCUT2D eigenvalue weighted by Gasteiger charge is 2.21. The maximum absolute atomic E-state index is 12.2. The average Bonchev–Trinajstić information content (AvgIpc) is 2.63. The van der Waals surface area contributed by atoms with Crippen LogP contribution in [0.4, 0.5) is 5.69 Å². The highest BCUT2D eigenvalue weighted by Crippen LogP contribution is 2.14. The molecule has 1 rings (SSSR count). The number of methoxy groups -OCH3 is 1. The Morgan fingerprint density at radius 2 is 1.88 bits per heavy atom. The van der Waals surface area contributed by atoms with Gasteiger partial charge in [0, 0.05) is 12.1 Å². The summed E-state index contributed by atoms with van der Waals surface area (Å²) in [7, 11) is 1.29. The summed E-state index contributed by atoms with van der Waals surface area (Å²) >= 11 is 0. The Kier molecular flexibility index (Phi) is 9.97. The molecule has 0 fully saturated rings. The van der Waals surface area contributed by atoms with E-state index in [1.54, 1.807) is 6.07 Å². The van der Waals surface area contributed by atoms with Crippen molar-refractivity contribution in [2.45, 2.75) is 64.3 Å². The number of nitrogens with one attached hydrogen (secondary N) is 1. The summed E-state index contributed by atoms with van der Waals surface area (Å²) in [5.41, 5.74) is 0.465. The van der Waals surface area contributed by atoms with Crippen molar-refractivity contribution in [3.8, 4) is 0 Å². The van der Waals surface area contributed by atoms with Gasteiger partial charge in [-0.15, -0.1) is 0 Å². The maximum atomic E-state index is 12.2. The monoisotopic (exact) mass is 364 g/mol. The number of carbonyl (C=O) groups is 2. The first-order valence-electron chi connectivity index (χ1n) is 9.08. The van der Waals surface area contributed by atoms with E-state index < -0.39 is 16.9 Å². The standard InChI is InChI=1S/C19H28N2O5/c1-3-4-5-6-7-8-12-17(19(23)26-2)20-18(22)14-15-10-9-11-16(13-15)21(24)25/h9-11,13,17H,3-8,12,14H2,1-2H3,(H,20,22)/t17-/m0/s1. The van der Waals surface area contributed by atoms with Crippen molar-refractivity contribution in [3.63, 3.8) is 0 Å². The number of hydrogen-bond acceptors (Lipinski definition) is 5. The predicted molar refractivity (Wildman–Crippen MR) is 98.7 cm³/mol. The first-order chi connectivity index (χ1) is 12.5. The second-order valence-corrected chi connectivity index (χ2v) is 6.30. The fraction of sp³-hybridized carbons (Fsp3) is 0.579. The van der Waals surface area contributed by atoms with Gasteiger partial charge in [-0.2, -0.15) is 0 Å². The van der Waals surface area contributed by atoms with E-state index in [4.69, 9.17) is 4.74 Å². The molecule has 144 valence electrons. The lowest BCUT2D eigenvalue weighted by atomic mass is 10.0. The van der Waals surface area contributed by atoms with Crippen LogP contribution in [-0.4, -0.2) is 30.0 Å². The zero-order valence-corrected chi connectivity index (χ0v) is 15.5. The van der Waals surface area contributed by atoms with Crippen LogP contribution in [0.25, 0.3) is 0 Å². The highest BCUT2D eigenvalue weighted by molar-refractivity contribution is 5.85. The molecule has 1 aromatic rings. The molecule has 0 bridgehead atoms. The van der Waals surface area contributed by atoms with Gasteiger partial charge in [-0.25, -0.2) is 4.79 Å². The topological polar surface area (TPSA) is 98.5 Å². The van der Waals surface area contributed by atoms with Gasteiger partial charge in [-0.05, 0) is 12.0 Å². The lowest BCUT2D eigenvalue weighted by molar-refractivity contribution is -0.384. The normalized spacial score (nSPS) is 11.6. The summed E-state index contributed by atoms with van der Waals surface area (Å²) in [5, 5.41) is 13.5. The van der Waals surface area contributed by atoms with Crippen molar-refractivity contribution >= 4 is 17.6 Å².